The fourth-order valence-corrected chi connectivity index (χ4v) is 2.32. The largest absolute Gasteiger partial charge is 0.385 e. The number of benzene rings is 2. The van der Waals surface area contributed by atoms with Crippen LogP contribution in [0.2, 0.25) is 0 Å². The summed E-state index contributed by atoms with van der Waals surface area (Å²) >= 11 is 0. The van der Waals surface area contributed by atoms with Gasteiger partial charge in [0.25, 0.3) is 11.8 Å². The number of carbonyl (C=O) groups excluding carboxylic acids is 2. The first-order valence-electron chi connectivity index (χ1n) is 8.26. The molecule has 0 spiro atoms. The maximum Gasteiger partial charge on any atom is 0.270 e. The van der Waals surface area contributed by atoms with Crippen molar-refractivity contribution in [2.45, 2.75) is 27.7 Å². The highest BCUT2D eigenvalue weighted by Crippen LogP contribution is 2.15. The van der Waals surface area contributed by atoms with E-state index < -0.39 is 5.91 Å². The molecule has 0 aromatic heterocycles. The van der Waals surface area contributed by atoms with Crippen LogP contribution < -0.4 is 10.6 Å². The van der Waals surface area contributed by atoms with Crippen LogP contribution in [0.15, 0.2) is 41.6 Å². The van der Waals surface area contributed by atoms with E-state index in [4.69, 9.17) is 4.84 Å². The molecule has 26 heavy (non-hydrogen) atoms. The van der Waals surface area contributed by atoms with E-state index in [0.29, 0.717) is 11.4 Å². The molecule has 2 aromatic rings. The summed E-state index contributed by atoms with van der Waals surface area (Å²) in [6, 6.07) is 11.3. The topological polar surface area (TPSA) is 79.8 Å². The minimum atomic E-state index is -0.425. The molecule has 0 radical (unpaired) electrons. The average molecular weight is 353 g/mol. The molecule has 0 unspecified atom stereocenters. The SMILES string of the molecule is Cc1ccc(NC(=O)/C=N\OCC(=O)Nc2ccc(C)c(C)c2)c(C)c1. The van der Waals surface area contributed by atoms with Gasteiger partial charge in [-0.3, -0.25) is 9.59 Å². The highest BCUT2D eigenvalue weighted by atomic mass is 16.6. The van der Waals surface area contributed by atoms with Crippen LogP contribution in [0.3, 0.4) is 0 Å². The maximum absolute atomic E-state index is 11.8. The summed E-state index contributed by atoms with van der Waals surface area (Å²) in [5.74, 6) is -0.772. The standard InChI is InChI=1S/C20H23N3O3/c1-13-5-8-18(16(4)9-13)23-19(24)11-21-26-12-20(25)22-17-7-6-14(2)15(3)10-17/h5-11H,12H2,1-4H3,(H,22,25)(H,23,24)/b21-11-. The number of amides is 2. The molecule has 0 atom stereocenters. The predicted octanol–water partition coefficient (Wildman–Crippen LogP) is 3.50. The van der Waals surface area contributed by atoms with Gasteiger partial charge in [0.1, 0.15) is 6.21 Å². The summed E-state index contributed by atoms with van der Waals surface area (Å²) in [6.07, 6.45) is 1.00. The van der Waals surface area contributed by atoms with Gasteiger partial charge in [-0.1, -0.05) is 28.9 Å². The number of oxime groups is 1. The molecule has 0 heterocycles. The van der Waals surface area contributed by atoms with Crippen molar-refractivity contribution in [2.24, 2.45) is 5.16 Å². The van der Waals surface area contributed by atoms with Gasteiger partial charge in [-0.25, -0.2) is 0 Å². The molecule has 2 rings (SSSR count). The van der Waals surface area contributed by atoms with Crippen molar-refractivity contribution < 1.29 is 14.4 Å². The first-order valence-corrected chi connectivity index (χ1v) is 8.26. The zero-order valence-electron chi connectivity index (χ0n) is 15.4. The number of hydrogen-bond acceptors (Lipinski definition) is 4. The lowest BCUT2D eigenvalue weighted by atomic mass is 10.1. The summed E-state index contributed by atoms with van der Waals surface area (Å²) in [4.78, 5) is 28.5. The monoisotopic (exact) mass is 353 g/mol. The van der Waals surface area contributed by atoms with Crippen molar-refractivity contribution in [3.8, 4) is 0 Å². The normalized spacial score (nSPS) is 10.6. The van der Waals surface area contributed by atoms with Crippen molar-refractivity contribution in [3.63, 3.8) is 0 Å². The Morgan fingerprint density at radius 1 is 0.962 bits per heavy atom. The maximum atomic E-state index is 11.8. The molecular formula is C20H23N3O3. The van der Waals surface area contributed by atoms with Crippen LogP contribution >= 0.6 is 0 Å². The molecule has 6 heteroatoms. The highest BCUT2D eigenvalue weighted by molar-refractivity contribution is 6.31. The van der Waals surface area contributed by atoms with Gasteiger partial charge < -0.3 is 15.5 Å². The summed E-state index contributed by atoms with van der Waals surface area (Å²) in [7, 11) is 0. The van der Waals surface area contributed by atoms with Gasteiger partial charge in [-0.05, 0) is 62.6 Å². The smallest absolute Gasteiger partial charge is 0.270 e. The lowest BCUT2D eigenvalue weighted by Gasteiger charge is -2.07. The van der Waals surface area contributed by atoms with Gasteiger partial charge in [0, 0.05) is 11.4 Å². The molecule has 6 nitrogen and oxygen atoms in total. The number of nitrogens with one attached hydrogen (secondary N) is 2. The van der Waals surface area contributed by atoms with Crippen molar-refractivity contribution in [1.82, 2.24) is 0 Å². The number of nitrogens with zero attached hydrogens (tertiary/aromatic N) is 1. The third-order valence-electron chi connectivity index (χ3n) is 3.87. The van der Waals surface area contributed by atoms with Crippen LogP contribution in [0.25, 0.3) is 0 Å². The van der Waals surface area contributed by atoms with Crippen molar-refractivity contribution in [1.29, 1.82) is 0 Å². The molecule has 0 fully saturated rings. The third-order valence-corrected chi connectivity index (χ3v) is 3.87. The molecule has 0 saturated carbocycles. The van der Waals surface area contributed by atoms with Crippen LogP contribution in [-0.2, 0) is 14.4 Å². The fraction of sp³-hybridized carbons (Fsp3) is 0.250. The fourth-order valence-electron chi connectivity index (χ4n) is 2.32. The molecule has 0 saturated heterocycles. The molecule has 2 N–H and O–H groups in total. The van der Waals surface area contributed by atoms with Crippen LogP contribution in [-0.4, -0.2) is 24.6 Å². The minimum absolute atomic E-state index is 0.278. The Morgan fingerprint density at radius 2 is 1.73 bits per heavy atom. The van der Waals surface area contributed by atoms with Gasteiger partial charge in [-0.2, -0.15) is 0 Å². The van der Waals surface area contributed by atoms with Crippen molar-refractivity contribution in [2.75, 3.05) is 17.2 Å². The van der Waals surface area contributed by atoms with E-state index in [0.717, 1.165) is 28.5 Å². The lowest BCUT2D eigenvalue weighted by molar-refractivity contribution is -0.120. The first-order chi connectivity index (χ1) is 12.3. The molecule has 0 bridgehead atoms. The Balaban J connectivity index is 1.78. The van der Waals surface area contributed by atoms with Crippen LogP contribution in [0.4, 0.5) is 11.4 Å². The molecular weight excluding hydrogens is 330 g/mol. The number of anilines is 2. The first kappa shape index (κ1) is 19.2. The van der Waals surface area contributed by atoms with E-state index >= 15 is 0 Å². The molecule has 136 valence electrons. The summed E-state index contributed by atoms with van der Waals surface area (Å²) in [6.45, 7) is 7.59. The van der Waals surface area contributed by atoms with Gasteiger partial charge in [-0.15, -0.1) is 0 Å². The summed E-state index contributed by atoms with van der Waals surface area (Å²) < 4.78 is 0. The number of aryl methyl sites for hydroxylation is 4. The number of hydrogen-bond donors (Lipinski definition) is 2. The van der Waals surface area contributed by atoms with E-state index in [-0.39, 0.29) is 12.5 Å². The van der Waals surface area contributed by atoms with Crippen LogP contribution in [0.1, 0.15) is 22.3 Å². The molecule has 0 aliphatic rings. The molecule has 2 amide bonds. The Hall–Kier alpha value is -3.15. The van der Waals surface area contributed by atoms with Gasteiger partial charge >= 0.3 is 0 Å². The van der Waals surface area contributed by atoms with Gasteiger partial charge in [0.05, 0.1) is 0 Å². The van der Waals surface area contributed by atoms with Gasteiger partial charge in [0.15, 0.2) is 6.61 Å². The van der Waals surface area contributed by atoms with E-state index in [1.807, 2.05) is 64.1 Å². The van der Waals surface area contributed by atoms with Crippen molar-refractivity contribution in [3.05, 3.63) is 58.7 Å². The van der Waals surface area contributed by atoms with E-state index in [9.17, 15) is 9.59 Å². The molecule has 2 aromatic carbocycles. The highest BCUT2D eigenvalue weighted by Gasteiger charge is 2.05. The number of carbonyl (C=O) groups is 2. The quantitative estimate of drug-likeness (QED) is 0.616. The van der Waals surface area contributed by atoms with E-state index in [1.54, 1.807) is 0 Å². The molecule has 0 aliphatic heterocycles. The van der Waals surface area contributed by atoms with Crippen molar-refractivity contribution >= 4 is 29.4 Å². The summed E-state index contributed by atoms with van der Waals surface area (Å²) in [5.41, 5.74) is 5.72. The van der Waals surface area contributed by atoms with Gasteiger partial charge in [0.2, 0.25) is 0 Å². The van der Waals surface area contributed by atoms with Crippen LogP contribution in [0.5, 0.6) is 0 Å². The number of rotatable bonds is 6. The predicted molar refractivity (Wildman–Crippen MR) is 104 cm³/mol. The second kappa shape index (κ2) is 8.80. The Bertz CT molecular complexity index is 844. The Morgan fingerprint density at radius 3 is 2.42 bits per heavy atom. The van der Waals surface area contributed by atoms with E-state index in [2.05, 4.69) is 15.8 Å². The third kappa shape index (κ3) is 5.73. The lowest BCUT2D eigenvalue weighted by Crippen LogP contribution is -2.18. The zero-order valence-corrected chi connectivity index (χ0v) is 15.4. The summed E-state index contributed by atoms with van der Waals surface area (Å²) in [5, 5.41) is 8.95. The Kier molecular flexibility index (Phi) is 6.49. The van der Waals surface area contributed by atoms with Crippen LogP contribution in [0, 0.1) is 27.7 Å². The second-order valence-corrected chi connectivity index (χ2v) is 6.16. The second-order valence-electron chi connectivity index (χ2n) is 6.16. The molecule has 0 aliphatic carbocycles. The van der Waals surface area contributed by atoms with E-state index in [1.165, 1.54) is 0 Å². The average Bonchev–Trinajstić information content (AvgIpc) is 2.58. The zero-order chi connectivity index (χ0) is 19.1. The minimum Gasteiger partial charge on any atom is -0.385 e. The Labute approximate surface area is 153 Å².